The first-order valence-electron chi connectivity index (χ1n) is 6.96. The van der Waals surface area contributed by atoms with E-state index in [1.54, 1.807) is 7.05 Å². The molecule has 0 saturated carbocycles. The molecule has 0 radical (unpaired) electrons. The van der Waals surface area contributed by atoms with Gasteiger partial charge in [0.05, 0.1) is 4.92 Å². The van der Waals surface area contributed by atoms with Gasteiger partial charge in [-0.3, -0.25) is 10.1 Å². The zero-order chi connectivity index (χ0) is 14.7. The van der Waals surface area contributed by atoms with Gasteiger partial charge in [0.1, 0.15) is 6.33 Å². The number of rotatable bonds is 4. The van der Waals surface area contributed by atoms with E-state index in [1.807, 2.05) is 4.90 Å². The Hall–Kier alpha value is -1.92. The van der Waals surface area contributed by atoms with Crippen LogP contribution < -0.4 is 10.2 Å². The largest absolute Gasteiger partial charge is 0.367 e. The molecule has 7 heteroatoms. The molecule has 2 heterocycles. The maximum Gasteiger partial charge on any atom is 0.353 e. The Labute approximate surface area is 118 Å². The van der Waals surface area contributed by atoms with Crippen molar-refractivity contribution in [1.82, 2.24) is 9.97 Å². The molecule has 0 aromatic carbocycles. The van der Waals surface area contributed by atoms with Crippen LogP contribution in [0.3, 0.4) is 0 Å². The molecule has 0 amide bonds. The Bertz CT molecular complexity index is 484. The normalized spacial score (nSPS) is 16.5. The van der Waals surface area contributed by atoms with Gasteiger partial charge in [0.25, 0.3) is 0 Å². The molecule has 1 aliphatic heterocycles. The van der Waals surface area contributed by atoms with Crippen molar-refractivity contribution in [2.24, 2.45) is 11.8 Å². The summed E-state index contributed by atoms with van der Waals surface area (Å²) in [6, 6.07) is 0. The Balaban J connectivity index is 2.24. The molecule has 1 aliphatic rings. The van der Waals surface area contributed by atoms with E-state index in [1.165, 1.54) is 6.33 Å². The summed E-state index contributed by atoms with van der Waals surface area (Å²) in [5, 5.41) is 14.0. The number of nitrogens with one attached hydrogen (secondary N) is 1. The van der Waals surface area contributed by atoms with Crippen LogP contribution in [0, 0.1) is 22.0 Å². The third-order valence-electron chi connectivity index (χ3n) is 4.00. The van der Waals surface area contributed by atoms with Crippen LogP contribution in [0.25, 0.3) is 0 Å². The van der Waals surface area contributed by atoms with Gasteiger partial charge in [-0.15, -0.1) is 0 Å². The molecule has 0 unspecified atom stereocenters. The van der Waals surface area contributed by atoms with Crippen molar-refractivity contribution in [3.63, 3.8) is 0 Å². The maximum absolute atomic E-state index is 11.3. The smallest absolute Gasteiger partial charge is 0.353 e. The predicted molar refractivity (Wildman–Crippen MR) is 78.0 cm³/mol. The number of nitrogens with zero attached hydrogens (tertiary/aromatic N) is 4. The SMILES string of the molecule is CNc1ncnc(N2CCC(C(C)C)CC2)c1[N+](=O)[O-]. The van der Waals surface area contributed by atoms with Gasteiger partial charge in [0.15, 0.2) is 0 Å². The summed E-state index contributed by atoms with van der Waals surface area (Å²) in [6.45, 7) is 6.08. The molecule has 1 aromatic rings. The minimum absolute atomic E-state index is 0.0296. The van der Waals surface area contributed by atoms with Crippen LogP contribution in [0.1, 0.15) is 26.7 Å². The van der Waals surface area contributed by atoms with Gasteiger partial charge in [-0.25, -0.2) is 9.97 Å². The minimum atomic E-state index is -0.407. The van der Waals surface area contributed by atoms with E-state index in [0.29, 0.717) is 17.7 Å². The van der Waals surface area contributed by atoms with Crippen molar-refractivity contribution in [3.8, 4) is 0 Å². The summed E-state index contributed by atoms with van der Waals surface area (Å²) in [5.41, 5.74) is -0.0296. The molecule has 0 aliphatic carbocycles. The Morgan fingerprint density at radius 1 is 1.40 bits per heavy atom. The third kappa shape index (κ3) is 2.81. The van der Waals surface area contributed by atoms with Crippen LogP contribution in [0.5, 0.6) is 0 Å². The van der Waals surface area contributed by atoms with E-state index in [-0.39, 0.29) is 11.5 Å². The molecule has 1 aromatic heterocycles. The van der Waals surface area contributed by atoms with Crippen molar-refractivity contribution in [3.05, 3.63) is 16.4 Å². The lowest BCUT2D eigenvalue weighted by Gasteiger charge is -2.34. The van der Waals surface area contributed by atoms with Crippen molar-refractivity contribution >= 4 is 17.3 Å². The summed E-state index contributed by atoms with van der Waals surface area (Å²) in [4.78, 5) is 20.9. The number of hydrogen-bond acceptors (Lipinski definition) is 6. The average Bonchev–Trinajstić information content (AvgIpc) is 2.46. The molecule has 110 valence electrons. The van der Waals surface area contributed by atoms with Crippen LogP contribution >= 0.6 is 0 Å². The highest BCUT2D eigenvalue weighted by atomic mass is 16.6. The van der Waals surface area contributed by atoms with E-state index in [2.05, 4.69) is 29.1 Å². The number of anilines is 2. The van der Waals surface area contributed by atoms with Gasteiger partial charge in [0.2, 0.25) is 11.6 Å². The lowest BCUT2D eigenvalue weighted by Crippen LogP contribution is -2.36. The lowest BCUT2D eigenvalue weighted by atomic mass is 9.87. The van der Waals surface area contributed by atoms with Crippen LogP contribution in [0.2, 0.25) is 0 Å². The number of piperidine rings is 1. The van der Waals surface area contributed by atoms with Gasteiger partial charge in [0, 0.05) is 20.1 Å². The van der Waals surface area contributed by atoms with E-state index < -0.39 is 4.92 Å². The summed E-state index contributed by atoms with van der Waals surface area (Å²) in [6.07, 6.45) is 3.48. The molecule has 2 rings (SSSR count). The van der Waals surface area contributed by atoms with E-state index in [0.717, 1.165) is 25.9 Å². The first kappa shape index (κ1) is 14.5. The predicted octanol–water partition coefficient (Wildman–Crippen LogP) is 2.30. The molecule has 1 N–H and O–H groups in total. The van der Waals surface area contributed by atoms with Crippen molar-refractivity contribution in [1.29, 1.82) is 0 Å². The molecule has 0 bridgehead atoms. The highest BCUT2D eigenvalue weighted by Crippen LogP contribution is 2.34. The van der Waals surface area contributed by atoms with Gasteiger partial charge >= 0.3 is 5.69 Å². The zero-order valence-corrected chi connectivity index (χ0v) is 12.2. The standard InChI is InChI=1S/C13H21N5O2/c1-9(2)10-4-6-17(7-5-10)13-11(18(19)20)12(14-3)15-8-16-13/h8-10H,4-7H2,1-3H3,(H,14,15,16). The van der Waals surface area contributed by atoms with Gasteiger partial charge < -0.3 is 10.2 Å². The van der Waals surface area contributed by atoms with Crippen LogP contribution in [-0.4, -0.2) is 35.0 Å². The fraction of sp³-hybridized carbons (Fsp3) is 0.692. The topological polar surface area (TPSA) is 84.2 Å². The Kier molecular flexibility index (Phi) is 4.36. The molecule has 0 spiro atoms. The fourth-order valence-electron chi connectivity index (χ4n) is 2.73. The second-order valence-electron chi connectivity index (χ2n) is 5.47. The summed E-state index contributed by atoms with van der Waals surface area (Å²) in [7, 11) is 1.63. The van der Waals surface area contributed by atoms with E-state index in [4.69, 9.17) is 0 Å². The molecular formula is C13H21N5O2. The quantitative estimate of drug-likeness (QED) is 0.672. The summed E-state index contributed by atoms with van der Waals surface area (Å²) in [5.74, 6) is 2.05. The second-order valence-corrected chi connectivity index (χ2v) is 5.47. The first-order chi connectivity index (χ1) is 9.54. The number of hydrogen-bond donors (Lipinski definition) is 1. The lowest BCUT2D eigenvalue weighted by molar-refractivity contribution is -0.383. The molecular weight excluding hydrogens is 258 g/mol. The Morgan fingerprint density at radius 3 is 2.55 bits per heavy atom. The van der Waals surface area contributed by atoms with E-state index >= 15 is 0 Å². The van der Waals surface area contributed by atoms with Gasteiger partial charge in [-0.05, 0) is 24.7 Å². The van der Waals surface area contributed by atoms with Gasteiger partial charge in [-0.2, -0.15) is 0 Å². The van der Waals surface area contributed by atoms with Crippen molar-refractivity contribution in [2.75, 3.05) is 30.4 Å². The fourth-order valence-corrected chi connectivity index (χ4v) is 2.73. The molecule has 1 fully saturated rings. The van der Waals surface area contributed by atoms with Crippen molar-refractivity contribution < 1.29 is 4.92 Å². The molecule has 20 heavy (non-hydrogen) atoms. The number of nitro groups is 1. The molecule has 1 saturated heterocycles. The zero-order valence-electron chi connectivity index (χ0n) is 12.2. The van der Waals surface area contributed by atoms with Crippen LogP contribution in [-0.2, 0) is 0 Å². The molecule has 0 atom stereocenters. The number of aromatic nitrogens is 2. The van der Waals surface area contributed by atoms with Gasteiger partial charge in [-0.1, -0.05) is 13.8 Å². The van der Waals surface area contributed by atoms with Crippen LogP contribution in [0.15, 0.2) is 6.33 Å². The highest BCUT2D eigenvalue weighted by Gasteiger charge is 2.29. The first-order valence-corrected chi connectivity index (χ1v) is 6.96. The minimum Gasteiger partial charge on any atom is -0.367 e. The second kappa shape index (κ2) is 6.02. The van der Waals surface area contributed by atoms with Crippen LogP contribution in [0.4, 0.5) is 17.3 Å². The molecule has 7 nitrogen and oxygen atoms in total. The summed E-state index contributed by atoms with van der Waals surface area (Å²) >= 11 is 0. The van der Waals surface area contributed by atoms with Crippen molar-refractivity contribution in [2.45, 2.75) is 26.7 Å². The van der Waals surface area contributed by atoms with E-state index in [9.17, 15) is 10.1 Å². The highest BCUT2D eigenvalue weighted by molar-refractivity contribution is 5.70. The Morgan fingerprint density at radius 2 is 2.05 bits per heavy atom. The average molecular weight is 279 g/mol. The maximum atomic E-state index is 11.3. The third-order valence-corrected chi connectivity index (χ3v) is 4.00. The summed E-state index contributed by atoms with van der Waals surface area (Å²) < 4.78 is 0. The monoisotopic (exact) mass is 279 g/mol.